The van der Waals surface area contributed by atoms with Gasteiger partial charge in [-0.1, -0.05) is 13.8 Å². The molecule has 0 aromatic rings. The Morgan fingerprint density at radius 1 is 1.32 bits per heavy atom. The fourth-order valence-corrected chi connectivity index (χ4v) is 3.26. The maximum atomic E-state index is 10.3. The van der Waals surface area contributed by atoms with E-state index >= 15 is 0 Å². The predicted molar refractivity (Wildman–Crippen MR) is 85.0 cm³/mol. The van der Waals surface area contributed by atoms with Gasteiger partial charge in [-0.15, -0.1) is 0 Å². The molecule has 3 N–H and O–H groups in total. The number of thioether (sulfide) groups is 1. The number of aliphatic hydroxyl groups is 1. The van der Waals surface area contributed by atoms with Crippen LogP contribution in [0, 0.1) is 0 Å². The first-order chi connectivity index (χ1) is 9.13. The summed E-state index contributed by atoms with van der Waals surface area (Å²) in [4.78, 5) is 4.52. The molecule has 0 aromatic carbocycles. The van der Waals surface area contributed by atoms with Crippen LogP contribution in [0.15, 0.2) is 4.99 Å². The summed E-state index contributed by atoms with van der Waals surface area (Å²) < 4.78 is 0. The summed E-state index contributed by atoms with van der Waals surface area (Å²) in [6, 6.07) is 0. The highest BCUT2D eigenvalue weighted by atomic mass is 32.2. The van der Waals surface area contributed by atoms with Crippen molar-refractivity contribution < 1.29 is 5.11 Å². The third kappa shape index (κ3) is 6.04. The minimum absolute atomic E-state index is 0.465. The molecule has 1 aliphatic heterocycles. The molecule has 1 heterocycles. The zero-order valence-corrected chi connectivity index (χ0v) is 13.4. The summed E-state index contributed by atoms with van der Waals surface area (Å²) in [5, 5.41) is 17.6. The van der Waals surface area contributed by atoms with E-state index in [1.807, 2.05) is 25.6 Å². The van der Waals surface area contributed by atoms with Crippen LogP contribution < -0.4 is 10.6 Å². The van der Waals surface area contributed by atoms with Crippen molar-refractivity contribution in [1.82, 2.24) is 10.6 Å². The molecule has 1 atom stereocenters. The number of rotatable bonds is 7. The van der Waals surface area contributed by atoms with Crippen LogP contribution >= 0.6 is 11.8 Å². The molecule has 1 unspecified atom stereocenters. The number of hydrogen-bond donors (Lipinski definition) is 3. The van der Waals surface area contributed by atoms with E-state index in [1.165, 1.54) is 18.6 Å². The number of nitrogens with one attached hydrogen (secondary N) is 2. The first-order valence-corrected chi connectivity index (χ1v) is 8.54. The molecule has 4 nitrogen and oxygen atoms in total. The highest BCUT2D eigenvalue weighted by Gasteiger charge is 2.22. The van der Waals surface area contributed by atoms with Gasteiger partial charge in [-0.3, -0.25) is 4.99 Å². The molecular formula is C14H29N3OS. The highest BCUT2D eigenvalue weighted by Crippen LogP contribution is 2.25. The molecule has 0 radical (unpaired) electrons. The van der Waals surface area contributed by atoms with E-state index in [4.69, 9.17) is 0 Å². The van der Waals surface area contributed by atoms with Gasteiger partial charge in [-0.05, 0) is 38.4 Å². The predicted octanol–water partition coefficient (Wildman–Crippen LogP) is 1.99. The summed E-state index contributed by atoms with van der Waals surface area (Å²) in [6.07, 6.45) is 4.11. The lowest BCUT2D eigenvalue weighted by Gasteiger charge is -2.23. The molecule has 1 saturated heterocycles. The molecule has 0 bridgehead atoms. The second-order valence-electron chi connectivity index (χ2n) is 5.14. The van der Waals surface area contributed by atoms with Crippen molar-refractivity contribution in [2.75, 3.05) is 25.4 Å². The number of hydrogen-bond acceptors (Lipinski definition) is 3. The van der Waals surface area contributed by atoms with E-state index in [0.717, 1.165) is 31.9 Å². The van der Waals surface area contributed by atoms with Gasteiger partial charge in [0.15, 0.2) is 5.96 Å². The van der Waals surface area contributed by atoms with Crippen LogP contribution in [-0.4, -0.2) is 47.3 Å². The monoisotopic (exact) mass is 287 g/mol. The van der Waals surface area contributed by atoms with E-state index in [0.29, 0.717) is 11.8 Å². The molecule has 1 fully saturated rings. The second-order valence-corrected chi connectivity index (χ2v) is 6.55. The maximum absolute atomic E-state index is 10.3. The van der Waals surface area contributed by atoms with Gasteiger partial charge in [0.05, 0.1) is 12.1 Å². The van der Waals surface area contributed by atoms with Gasteiger partial charge in [0.25, 0.3) is 0 Å². The first-order valence-electron chi connectivity index (χ1n) is 7.49. The Labute approximate surface area is 121 Å². The van der Waals surface area contributed by atoms with Crippen molar-refractivity contribution in [3.05, 3.63) is 0 Å². The smallest absolute Gasteiger partial charge is 0.191 e. The van der Waals surface area contributed by atoms with Crippen molar-refractivity contribution >= 4 is 17.7 Å². The second kappa shape index (κ2) is 8.69. The Hall–Kier alpha value is -0.420. The molecule has 0 amide bonds. The Kier molecular flexibility index (Phi) is 7.61. The van der Waals surface area contributed by atoms with Crippen LogP contribution in [-0.2, 0) is 0 Å². The fraction of sp³-hybridized carbons (Fsp3) is 0.929. The van der Waals surface area contributed by atoms with Crippen molar-refractivity contribution in [3.63, 3.8) is 0 Å². The molecule has 112 valence electrons. The summed E-state index contributed by atoms with van der Waals surface area (Å²) in [5.74, 6) is 2.11. The van der Waals surface area contributed by atoms with Gasteiger partial charge in [0, 0.05) is 18.3 Å². The summed E-state index contributed by atoms with van der Waals surface area (Å²) in [5.41, 5.74) is -0.662. The Balaban J connectivity index is 2.45. The average Bonchev–Trinajstić information content (AvgIpc) is 2.95. The van der Waals surface area contributed by atoms with E-state index in [1.54, 1.807) is 0 Å². The van der Waals surface area contributed by atoms with Crippen molar-refractivity contribution in [2.45, 2.75) is 57.3 Å². The van der Waals surface area contributed by atoms with Crippen LogP contribution in [0.2, 0.25) is 0 Å². The summed E-state index contributed by atoms with van der Waals surface area (Å²) >= 11 is 2.04. The van der Waals surface area contributed by atoms with Crippen LogP contribution in [0.3, 0.4) is 0 Å². The fourth-order valence-electron chi connectivity index (χ4n) is 2.06. The third-order valence-corrected chi connectivity index (χ3v) is 5.11. The van der Waals surface area contributed by atoms with Crippen LogP contribution in [0.4, 0.5) is 0 Å². The number of aliphatic imine (C=N–C) groups is 1. The van der Waals surface area contributed by atoms with Crippen LogP contribution in [0.5, 0.6) is 0 Å². The molecule has 0 aliphatic carbocycles. The van der Waals surface area contributed by atoms with Gasteiger partial charge >= 0.3 is 0 Å². The topological polar surface area (TPSA) is 56.7 Å². The van der Waals surface area contributed by atoms with Crippen molar-refractivity contribution in [1.29, 1.82) is 0 Å². The molecule has 1 rings (SSSR count). The first kappa shape index (κ1) is 16.6. The van der Waals surface area contributed by atoms with E-state index in [9.17, 15) is 5.11 Å². The lowest BCUT2D eigenvalue weighted by Crippen LogP contribution is -2.42. The highest BCUT2D eigenvalue weighted by molar-refractivity contribution is 8.00. The zero-order chi connectivity index (χ0) is 14.1. The van der Waals surface area contributed by atoms with Crippen molar-refractivity contribution in [2.24, 2.45) is 4.99 Å². The lowest BCUT2D eigenvalue weighted by molar-refractivity contribution is 0.0418. The molecule has 5 heteroatoms. The zero-order valence-electron chi connectivity index (χ0n) is 12.5. The third-order valence-electron chi connectivity index (χ3n) is 3.71. The minimum atomic E-state index is -0.662. The van der Waals surface area contributed by atoms with E-state index in [-0.39, 0.29) is 0 Å². The van der Waals surface area contributed by atoms with Gasteiger partial charge in [0.1, 0.15) is 0 Å². The maximum Gasteiger partial charge on any atom is 0.191 e. The van der Waals surface area contributed by atoms with Gasteiger partial charge in [0.2, 0.25) is 0 Å². The van der Waals surface area contributed by atoms with Gasteiger partial charge in [-0.25, -0.2) is 0 Å². The Morgan fingerprint density at radius 3 is 2.58 bits per heavy atom. The SMILES string of the molecule is CCNC(=NCC(O)(CC)CC)NCC1CCCS1. The molecule has 0 aromatic heterocycles. The molecule has 0 saturated carbocycles. The van der Waals surface area contributed by atoms with E-state index in [2.05, 4.69) is 22.5 Å². The average molecular weight is 287 g/mol. The molecule has 1 aliphatic rings. The van der Waals surface area contributed by atoms with Crippen LogP contribution in [0.1, 0.15) is 46.5 Å². The number of nitrogens with zero attached hydrogens (tertiary/aromatic N) is 1. The summed E-state index contributed by atoms with van der Waals surface area (Å²) in [7, 11) is 0. The minimum Gasteiger partial charge on any atom is -0.388 e. The quantitative estimate of drug-likeness (QED) is 0.495. The van der Waals surface area contributed by atoms with Crippen molar-refractivity contribution in [3.8, 4) is 0 Å². The molecule has 19 heavy (non-hydrogen) atoms. The largest absolute Gasteiger partial charge is 0.388 e. The number of guanidine groups is 1. The molecular weight excluding hydrogens is 258 g/mol. The molecule has 0 spiro atoms. The Morgan fingerprint density at radius 2 is 2.05 bits per heavy atom. The van der Waals surface area contributed by atoms with E-state index < -0.39 is 5.60 Å². The van der Waals surface area contributed by atoms with Gasteiger partial charge < -0.3 is 15.7 Å². The van der Waals surface area contributed by atoms with Crippen LogP contribution in [0.25, 0.3) is 0 Å². The Bertz CT molecular complexity index is 274. The normalized spacial score (nSPS) is 20.6. The van der Waals surface area contributed by atoms with Gasteiger partial charge in [-0.2, -0.15) is 11.8 Å². The summed E-state index contributed by atoms with van der Waals surface area (Å²) in [6.45, 7) is 8.36. The standard InChI is InChI=1S/C14H29N3OS/c1-4-14(18,5-2)11-17-13(15-6-3)16-10-12-8-7-9-19-12/h12,18H,4-11H2,1-3H3,(H2,15,16,17). The lowest BCUT2D eigenvalue weighted by atomic mass is 9.98.